The average Bonchev–Trinajstić information content (AvgIpc) is 3.25. The lowest BCUT2D eigenvalue weighted by molar-refractivity contribution is -0.129. The molecule has 2 aromatic heterocycles. The zero-order valence-electron chi connectivity index (χ0n) is 18.6. The fourth-order valence-electron chi connectivity index (χ4n) is 5.08. The smallest absolute Gasteiger partial charge is 0.236 e. The summed E-state index contributed by atoms with van der Waals surface area (Å²) in [6, 6.07) is 10.8. The van der Waals surface area contributed by atoms with Gasteiger partial charge in [-0.15, -0.1) is 0 Å². The van der Waals surface area contributed by atoms with Crippen LogP contribution >= 0.6 is 0 Å². The molecule has 1 unspecified atom stereocenters. The van der Waals surface area contributed by atoms with Crippen LogP contribution in [0.5, 0.6) is 0 Å². The monoisotopic (exact) mass is 433 g/mol. The summed E-state index contributed by atoms with van der Waals surface area (Å²) in [6.45, 7) is 3.79. The number of imidazole rings is 1. The number of para-hydroxylation sites is 1. The number of amides is 1. The zero-order chi connectivity index (χ0) is 22.1. The second kappa shape index (κ2) is 8.88. The van der Waals surface area contributed by atoms with E-state index >= 15 is 0 Å². The van der Waals surface area contributed by atoms with Crippen LogP contribution in [-0.2, 0) is 17.8 Å². The first-order valence-electron chi connectivity index (χ1n) is 11.5. The van der Waals surface area contributed by atoms with Crippen LogP contribution in [0.25, 0.3) is 11.0 Å². The van der Waals surface area contributed by atoms with E-state index in [1.165, 1.54) is 17.7 Å². The van der Waals surface area contributed by atoms with Crippen molar-refractivity contribution < 1.29 is 4.79 Å². The fourth-order valence-corrected chi connectivity index (χ4v) is 5.08. The number of pyridine rings is 1. The van der Waals surface area contributed by atoms with Gasteiger partial charge in [0, 0.05) is 32.4 Å². The normalized spacial score (nSPS) is 18.9. The number of benzene rings is 1. The fraction of sp³-hybridized carbons (Fsp3) is 0.458. The quantitative estimate of drug-likeness (QED) is 0.640. The van der Waals surface area contributed by atoms with Crippen molar-refractivity contribution in [3.05, 3.63) is 53.6 Å². The predicted octanol–water partition coefficient (Wildman–Crippen LogP) is 2.07. The Kier molecular flexibility index (Phi) is 5.80. The van der Waals surface area contributed by atoms with E-state index in [4.69, 9.17) is 15.7 Å². The molecule has 1 aliphatic carbocycles. The molecule has 1 aromatic carbocycles. The Balaban J connectivity index is 1.33. The molecular weight excluding hydrogens is 402 g/mol. The number of fused-ring (bicyclic) bond motifs is 2. The topological polar surface area (TPSA) is 94.4 Å². The van der Waals surface area contributed by atoms with Gasteiger partial charge < -0.3 is 20.5 Å². The van der Waals surface area contributed by atoms with Crippen molar-refractivity contribution in [1.29, 1.82) is 0 Å². The molecule has 1 saturated heterocycles. The third kappa shape index (κ3) is 3.96. The summed E-state index contributed by atoms with van der Waals surface area (Å²) in [5.74, 6) is 0.988. The predicted molar refractivity (Wildman–Crippen MR) is 125 cm³/mol. The van der Waals surface area contributed by atoms with Gasteiger partial charge in [0.15, 0.2) is 0 Å². The number of anilines is 1. The molecule has 0 saturated carbocycles. The molecule has 168 valence electrons. The highest BCUT2D eigenvalue weighted by Gasteiger charge is 2.26. The lowest BCUT2D eigenvalue weighted by Gasteiger charge is -2.36. The molecule has 2 aliphatic rings. The van der Waals surface area contributed by atoms with Crippen molar-refractivity contribution in [1.82, 2.24) is 24.8 Å². The zero-order valence-corrected chi connectivity index (χ0v) is 18.6. The van der Waals surface area contributed by atoms with Crippen LogP contribution in [0.3, 0.4) is 0 Å². The third-order valence-corrected chi connectivity index (χ3v) is 6.78. The van der Waals surface area contributed by atoms with Crippen LogP contribution in [0.15, 0.2) is 36.5 Å². The Bertz CT molecular complexity index is 1100. The molecule has 1 aliphatic heterocycles. The molecule has 0 bridgehead atoms. The van der Waals surface area contributed by atoms with Crippen molar-refractivity contribution in [3.63, 3.8) is 0 Å². The molecule has 3 heterocycles. The van der Waals surface area contributed by atoms with E-state index in [0.717, 1.165) is 55.0 Å². The highest BCUT2D eigenvalue weighted by atomic mass is 16.2. The number of H-pyrrole nitrogens is 1. The van der Waals surface area contributed by atoms with E-state index in [-0.39, 0.29) is 12.5 Å². The van der Waals surface area contributed by atoms with Crippen molar-refractivity contribution in [2.24, 2.45) is 5.73 Å². The number of piperazine rings is 1. The van der Waals surface area contributed by atoms with Gasteiger partial charge in [-0.1, -0.05) is 12.1 Å². The van der Waals surface area contributed by atoms with Crippen molar-refractivity contribution >= 4 is 22.6 Å². The second-order valence-electron chi connectivity index (χ2n) is 8.80. The number of nitrogens with one attached hydrogen (secondary N) is 1. The molecule has 1 fully saturated rings. The van der Waals surface area contributed by atoms with Gasteiger partial charge in [-0.2, -0.15) is 0 Å². The summed E-state index contributed by atoms with van der Waals surface area (Å²) in [6.07, 6.45) is 5.33. The number of aryl methyl sites for hydroxylation is 1. The van der Waals surface area contributed by atoms with Gasteiger partial charge in [-0.25, -0.2) is 4.98 Å². The Morgan fingerprint density at radius 3 is 2.88 bits per heavy atom. The first-order valence-corrected chi connectivity index (χ1v) is 11.5. The second-order valence-corrected chi connectivity index (χ2v) is 8.80. The number of hydrogen-bond acceptors (Lipinski definition) is 6. The van der Waals surface area contributed by atoms with Gasteiger partial charge in [0.25, 0.3) is 0 Å². The number of hydrogen-bond donors (Lipinski definition) is 2. The van der Waals surface area contributed by atoms with Gasteiger partial charge in [0.1, 0.15) is 11.3 Å². The SMILES string of the molecule is CN(Cc1nc2c(N3CCN(C(=O)CN)CC3)cccc2[nH]1)C1CCCc2cccnc21. The largest absolute Gasteiger partial charge is 0.366 e. The summed E-state index contributed by atoms with van der Waals surface area (Å²) >= 11 is 0. The summed E-state index contributed by atoms with van der Waals surface area (Å²) in [7, 11) is 2.16. The molecule has 3 aromatic rings. The van der Waals surface area contributed by atoms with E-state index in [9.17, 15) is 4.79 Å². The Morgan fingerprint density at radius 1 is 1.22 bits per heavy atom. The average molecular weight is 434 g/mol. The number of aromatic amines is 1. The minimum atomic E-state index is 0.0201. The van der Waals surface area contributed by atoms with Gasteiger partial charge in [0.2, 0.25) is 5.91 Å². The number of nitrogens with two attached hydrogens (primary N) is 1. The van der Waals surface area contributed by atoms with Crippen LogP contribution in [0.1, 0.15) is 36.0 Å². The summed E-state index contributed by atoms with van der Waals surface area (Å²) in [5, 5.41) is 0. The van der Waals surface area contributed by atoms with E-state index in [2.05, 4.69) is 46.1 Å². The third-order valence-electron chi connectivity index (χ3n) is 6.78. The standard InChI is InChI=1S/C24H31N7O/c1-29(19-8-2-5-17-6-4-10-26-23(17)19)16-21-27-18-7-3-9-20(24(18)28-21)30-11-13-31(14-12-30)22(32)15-25/h3-4,6-7,9-10,19H,2,5,8,11-16,25H2,1H3,(H,27,28). The van der Waals surface area contributed by atoms with E-state index in [1.807, 2.05) is 17.2 Å². The minimum absolute atomic E-state index is 0.0201. The first kappa shape index (κ1) is 20.9. The number of carbonyl (C=O) groups excluding carboxylic acids is 1. The Morgan fingerprint density at radius 2 is 2.06 bits per heavy atom. The number of aromatic nitrogens is 3. The van der Waals surface area contributed by atoms with E-state index < -0.39 is 0 Å². The number of rotatable bonds is 5. The van der Waals surface area contributed by atoms with Gasteiger partial charge in [0.05, 0.1) is 36.0 Å². The molecule has 0 radical (unpaired) electrons. The maximum atomic E-state index is 11.9. The lowest BCUT2D eigenvalue weighted by atomic mass is 9.91. The lowest BCUT2D eigenvalue weighted by Crippen LogP contribution is -2.50. The summed E-state index contributed by atoms with van der Waals surface area (Å²) in [4.78, 5) is 31.6. The maximum absolute atomic E-state index is 11.9. The first-order chi connectivity index (χ1) is 15.6. The van der Waals surface area contributed by atoms with Crippen molar-refractivity contribution in [2.45, 2.75) is 31.8 Å². The van der Waals surface area contributed by atoms with Gasteiger partial charge in [-0.3, -0.25) is 14.7 Å². The van der Waals surface area contributed by atoms with Crippen LogP contribution in [0.4, 0.5) is 5.69 Å². The molecule has 3 N–H and O–H groups in total. The maximum Gasteiger partial charge on any atom is 0.236 e. The molecule has 5 rings (SSSR count). The van der Waals surface area contributed by atoms with E-state index in [0.29, 0.717) is 19.1 Å². The van der Waals surface area contributed by atoms with Crippen LogP contribution < -0.4 is 10.6 Å². The highest BCUT2D eigenvalue weighted by Crippen LogP contribution is 2.33. The highest BCUT2D eigenvalue weighted by molar-refractivity contribution is 5.89. The summed E-state index contributed by atoms with van der Waals surface area (Å²) < 4.78 is 0. The van der Waals surface area contributed by atoms with Crippen molar-refractivity contribution in [3.8, 4) is 0 Å². The Hall–Kier alpha value is -2.97. The Labute approximate surface area is 188 Å². The van der Waals surface area contributed by atoms with Gasteiger partial charge >= 0.3 is 0 Å². The van der Waals surface area contributed by atoms with Gasteiger partial charge in [-0.05, 0) is 50.1 Å². The van der Waals surface area contributed by atoms with Crippen LogP contribution in [0, 0.1) is 0 Å². The molecule has 1 amide bonds. The van der Waals surface area contributed by atoms with Crippen molar-refractivity contribution in [2.75, 3.05) is 44.7 Å². The van der Waals surface area contributed by atoms with E-state index in [1.54, 1.807) is 0 Å². The van der Waals surface area contributed by atoms with Crippen LogP contribution in [-0.4, -0.2) is 70.4 Å². The molecule has 8 nitrogen and oxygen atoms in total. The van der Waals surface area contributed by atoms with Crippen LogP contribution in [0.2, 0.25) is 0 Å². The molecule has 8 heteroatoms. The molecular formula is C24H31N7O. The minimum Gasteiger partial charge on any atom is -0.366 e. The molecule has 0 spiro atoms. The molecule has 1 atom stereocenters. The summed E-state index contributed by atoms with van der Waals surface area (Å²) in [5.41, 5.74) is 11.3. The number of nitrogens with zero attached hydrogens (tertiary/aromatic N) is 5. The number of carbonyl (C=O) groups is 1. The molecule has 32 heavy (non-hydrogen) atoms.